The van der Waals surface area contributed by atoms with Crippen LogP contribution < -0.4 is 4.57 Å². The zero-order chi connectivity index (χ0) is 20.6. The Kier molecular flexibility index (Phi) is 2.77. The van der Waals surface area contributed by atoms with Crippen LogP contribution in [0.25, 0.3) is 32.9 Å². The Morgan fingerprint density at radius 2 is 1.90 bits per heavy atom. The van der Waals surface area contributed by atoms with Crippen LogP contribution in [0.3, 0.4) is 0 Å². The minimum atomic E-state index is -1.19. The third kappa shape index (κ3) is 1.63. The number of benzene rings is 2. The zero-order valence-electron chi connectivity index (χ0n) is 17.5. The fourth-order valence-electron chi connectivity index (χ4n) is 6.33. The lowest BCUT2D eigenvalue weighted by molar-refractivity contribution is -0.678. The fraction of sp³-hybridized carbons (Fsp3) is 0.308. The summed E-state index contributed by atoms with van der Waals surface area (Å²) in [5.41, 5.74) is 8.42. The first-order valence-corrected chi connectivity index (χ1v) is 10.6. The lowest BCUT2D eigenvalue weighted by atomic mass is 9.68. The van der Waals surface area contributed by atoms with Crippen molar-refractivity contribution < 1.29 is 14.4 Å². The Bertz CT molecular complexity index is 1460. The first-order chi connectivity index (χ1) is 14.4. The summed E-state index contributed by atoms with van der Waals surface area (Å²) in [4.78, 5) is 4.57. The van der Waals surface area contributed by atoms with Gasteiger partial charge in [0.25, 0.3) is 0 Å². The molecule has 30 heavy (non-hydrogen) atoms. The molecule has 1 fully saturated rings. The molecule has 1 saturated carbocycles. The minimum absolute atomic E-state index is 0.0697. The van der Waals surface area contributed by atoms with Crippen LogP contribution in [0.2, 0.25) is 0 Å². The third-order valence-corrected chi connectivity index (χ3v) is 7.86. The maximum absolute atomic E-state index is 11.5. The van der Waals surface area contributed by atoms with Gasteiger partial charge in [0.1, 0.15) is 5.92 Å². The molecule has 3 atom stereocenters. The van der Waals surface area contributed by atoms with E-state index in [0.717, 1.165) is 5.39 Å². The number of hydrogen-bond donors (Lipinski definition) is 1. The summed E-state index contributed by atoms with van der Waals surface area (Å²) in [5.74, 6) is -1.26. The summed E-state index contributed by atoms with van der Waals surface area (Å²) in [6.07, 6.45) is 3.98. The molecule has 2 aromatic carbocycles. The normalized spacial score (nSPS) is 26.7. The number of fused-ring (bicyclic) bond motifs is 5. The lowest BCUT2D eigenvalue weighted by Crippen LogP contribution is -2.45. The molecule has 0 amide bonds. The monoisotopic (exact) mass is 395 g/mol. The average molecular weight is 395 g/mol. The maximum atomic E-state index is 11.5. The molecular weight excluding hydrogens is 372 g/mol. The molecule has 0 bridgehead atoms. The Labute approximate surface area is 174 Å². The summed E-state index contributed by atoms with van der Waals surface area (Å²) in [6, 6.07) is 13.0. The molecular formula is C26H23N2O2+. The van der Waals surface area contributed by atoms with Crippen molar-refractivity contribution in [2.75, 3.05) is 7.11 Å². The molecule has 3 unspecified atom stereocenters. The molecule has 4 heteroatoms. The van der Waals surface area contributed by atoms with Gasteiger partial charge in [-0.1, -0.05) is 38.1 Å². The van der Waals surface area contributed by atoms with Gasteiger partial charge in [-0.3, -0.25) is 4.98 Å². The van der Waals surface area contributed by atoms with Gasteiger partial charge in [-0.15, -0.1) is 0 Å². The Morgan fingerprint density at radius 1 is 1.07 bits per heavy atom. The molecule has 148 valence electrons. The predicted octanol–water partition coefficient (Wildman–Crippen LogP) is 4.28. The number of methoxy groups -OCH3 is 1. The van der Waals surface area contributed by atoms with Gasteiger partial charge < -0.3 is 9.84 Å². The topological polar surface area (TPSA) is 46.2 Å². The van der Waals surface area contributed by atoms with Gasteiger partial charge >= 0.3 is 0 Å². The number of aliphatic hydroxyl groups is 1. The molecule has 1 N–H and O–H groups in total. The van der Waals surface area contributed by atoms with Gasteiger partial charge in [0.05, 0.1) is 5.56 Å². The van der Waals surface area contributed by atoms with Crippen molar-refractivity contribution in [1.29, 1.82) is 0 Å². The van der Waals surface area contributed by atoms with Crippen LogP contribution in [-0.4, -0.2) is 23.0 Å². The van der Waals surface area contributed by atoms with E-state index in [9.17, 15) is 5.11 Å². The van der Waals surface area contributed by atoms with Crippen molar-refractivity contribution >= 4 is 21.7 Å². The van der Waals surface area contributed by atoms with Gasteiger partial charge in [0.2, 0.25) is 23.0 Å². The van der Waals surface area contributed by atoms with E-state index in [1.807, 2.05) is 12.4 Å². The fourth-order valence-corrected chi connectivity index (χ4v) is 6.33. The predicted molar refractivity (Wildman–Crippen MR) is 115 cm³/mol. The summed E-state index contributed by atoms with van der Waals surface area (Å²) in [6.45, 7) is 6.74. The van der Waals surface area contributed by atoms with Gasteiger partial charge in [-0.25, -0.2) is 0 Å². The SMILES string of the molecule is COC1(O)C2c3ccc4cncc5c4c3-c3c(cc4cccc(C)c4[n+]3C21)C5(C)C. The van der Waals surface area contributed by atoms with Crippen LogP contribution in [0.15, 0.2) is 48.8 Å². The molecule has 3 heterocycles. The molecule has 0 saturated heterocycles. The number of hydrogen-bond acceptors (Lipinski definition) is 3. The summed E-state index contributed by atoms with van der Waals surface area (Å²) in [5, 5.41) is 15.1. The molecule has 2 aliphatic carbocycles. The van der Waals surface area contributed by atoms with Crippen LogP contribution in [0.5, 0.6) is 0 Å². The van der Waals surface area contributed by atoms with E-state index in [1.165, 1.54) is 49.8 Å². The second kappa shape index (κ2) is 4.90. The highest BCUT2D eigenvalue weighted by Gasteiger charge is 2.77. The highest BCUT2D eigenvalue weighted by molar-refractivity contribution is 6.04. The average Bonchev–Trinajstić information content (AvgIpc) is 3.37. The van der Waals surface area contributed by atoms with Crippen molar-refractivity contribution in [3.63, 3.8) is 0 Å². The second-order valence-electron chi connectivity index (χ2n) is 9.61. The van der Waals surface area contributed by atoms with Crippen LogP contribution in [0, 0.1) is 6.92 Å². The Morgan fingerprint density at radius 3 is 2.70 bits per heavy atom. The van der Waals surface area contributed by atoms with Gasteiger partial charge in [-0.05, 0) is 30.2 Å². The van der Waals surface area contributed by atoms with Crippen LogP contribution in [0.1, 0.15) is 48.1 Å². The maximum Gasteiger partial charge on any atom is 0.244 e. The molecule has 7 rings (SSSR count). The van der Waals surface area contributed by atoms with Gasteiger partial charge in [0.15, 0.2) is 0 Å². The first kappa shape index (κ1) is 16.9. The number of nitrogens with zero attached hydrogens (tertiary/aromatic N) is 2. The van der Waals surface area contributed by atoms with E-state index in [2.05, 4.69) is 66.7 Å². The van der Waals surface area contributed by atoms with Gasteiger partial charge in [0, 0.05) is 52.2 Å². The lowest BCUT2D eigenvalue weighted by Gasteiger charge is -2.35. The minimum Gasteiger partial charge on any atom is -0.360 e. The van der Waals surface area contributed by atoms with E-state index in [1.54, 1.807) is 7.11 Å². The van der Waals surface area contributed by atoms with Crippen molar-refractivity contribution in [3.8, 4) is 11.3 Å². The summed E-state index contributed by atoms with van der Waals surface area (Å²) in [7, 11) is 1.62. The standard InChI is InChI=1S/C26H23N2O2/c1-13-6-5-7-14-10-17-23-20-16(21-24(26(21,29)30-4)28(23)22(13)14)9-8-15-11-27-12-18(19(15)20)25(17,2)3/h5-12,21,24,29H,1-4H3/q+1. The van der Waals surface area contributed by atoms with E-state index in [4.69, 9.17) is 4.74 Å². The van der Waals surface area contributed by atoms with E-state index < -0.39 is 5.79 Å². The van der Waals surface area contributed by atoms with Crippen LogP contribution in [-0.2, 0) is 10.2 Å². The molecule has 0 radical (unpaired) electrons. The number of pyridine rings is 2. The largest absolute Gasteiger partial charge is 0.360 e. The molecule has 0 spiro atoms. The highest BCUT2D eigenvalue weighted by atomic mass is 16.6. The molecule has 2 aromatic heterocycles. The Hall–Kier alpha value is -2.82. The molecule has 1 aliphatic heterocycles. The van der Waals surface area contributed by atoms with Crippen LogP contribution >= 0.6 is 0 Å². The number of aromatic nitrogens is 2. The van der Waals surface area contributed by atoms with Crippen molar-refractivity contribution in [2.24, 2.45) is 0 Å². The first-order valence-electron chi connectivity index (χ1n) is 10.6. The molecule has 4 nitrogen and oxygen atoms in total. The number of aryl methyl sites for hydroxylation is 1. The van der Waals surface area contributed by atoms with Crippen molar-refractivity contribution in [3.05, 3.63) is 71.0 Å². The summed E-state index contributed by atoms with van der Waals surface area (Å²) >= 11 is 0. The second-order valence-corrected chi connectivity index (χ2v) is 9.61. The van der Waals surface area contributed by atoms with Crippen molar-refractivity contribution in [2.45, 2.75) is 43.9 Å². The molecule has 4 aromatic rings. The quantitative estimate of drug-likeness (QED) is 0.387. The zero-order valence-corrected chi connectivity index (χ0v) is 17.5. The van der Waals surface area contributed by atoms with Gasteiger partial charge in [-0.2, -0.15) is 4.57 Å². The smallest absolute Gasteiger partial charge is 0.244 e. The molecule has 3 aliphatic rings. The Balaban J connectivity index is 1.80. The number of para-hydroxylation sites is 1. The van der Waals surface area contributed by atoms with E-state index >= 15 is 0 Å². The van der Waals surface area contributed by atoms with E-state index in [0.29, 0.717) is 0 Å². The van der Waals surface area contributed by atoms with Crippen molar-refractivity contribution in [1.82, 2.24) is 4.98 Å². The third-order valence-electron chi connectivity index (χ3n) is 7.86. The number of ether oxygens (including phenoxy) is 1. The van der Waals surface area contributed by atoms with E-state index in [-0.39, 0.29) is 17.4 Å². The van der Waals surface area contributed by atoms with Crippen LogP contribution in [0.4, 0.5) is 0 Å². The highest BCUT2D eigenvalue weighted by Crippen LogP contribution is 2.66. The number of rotatable bonds is 1. The summed E-state index contributed by atoms with van der Waals surface area (Å²) < 4.78 is 8.13.